The predicted octanol–water partition coefficient (Wildman–Crippen LogP) is 2.69. The van der Waals surface area contributed by atoms with Crippen molar-refractivity contribution in [3.05, 3.63) is 35.6 Å². The second-order valence-electron chi connectivity index (χ2n) is 4.93. The van der Waals surface area contributed by atoms with Crippen LogP contribution in [0.5, 0.6) is 0 Å². The first-order valence-electron chi connectivity index (χ1n) is 6.18. The Morgan fingerprint density at radius 1 is 1.32 bits per heavy atom. The minimum Gasteiger partial charge on any atom is -0.342 e. The van der Waals surface area contributed by atoms with E-state index in [1.54, 1.807) is 11.9 Å². The molecule has 5 heteroatoms. The second-order valence-corrected chi connectivity index (χ2v) is 4.93. The SMILES string of the molecule is CC(C)C(N)CCN(C)C(=O)c1ccc(F)cc1.Cl. The molecule has 1 rings (SSSR count). The Balaban J connectivity index is 0.00000324. The van der Waals surface area contributed by atoms with Crippen LogP contribution in [0, 0.1) is 11.7 Å². The molecule has 0 heterocycles. The number of halogens is 2. The maximum Gasteiger partial charge on any atom is 0.253 e. The molecule has 1 atom stereocenters. The predicted molar refractivity (Wildman–Crippen MR) is 78.0 cm³/mol. The van der Waals surface area contributed by atoms with Gasteiger partial charge in [0.2, 0.25) is 0 Å². The van der Waals surface area contributed by atoms with Crippen molar-refractivity contribution in [1.82, 2.24) is 4.90 Å². The van der Waals surface area contributed by atoms with Crippen LogP contribution in [0.4, 0.5) is 4.39 Å². The van der Waals surface area contributed by atoms with E-state index in [2.05, 4.69) is 13.8 Å². The third-order valence-electron chi connectivity index (χ3n) is 3.09. The standard InChI is InChI=1S/C14H21FN2O.ClH/c1-10(2)13(16)8-9-17(3)14(18)11-4-6-12(15)7-5-11;/h4-7,10,13H,8-9,16H2,1-3H3;1H. The molecule has 1 amide bonds. The van der Waals surface area contributed by atoms with Gasteiger partial charge in [0.15, 0.2) is 0 Å². The first-order chi connectivity index (χ1) is 8.41. The lowest BCUT2D eigenvalue weighted by molar-refractivity contribution is 0.0789. The Morgan fingerprint density at radius 3 is 2.32 bits per heavy atom. The van der Waals surface area contributed by atoms with Gasteiger partial charge in [-0.2, -0.15) is 0 Å². The number of nitrogens with zero attached hydrogens (tertiary/aromatic N) is 1. The van der Waals surface area contributed by atoms with Gasteiger partial charge < -0.3 is 10.6 Å². The molecule has 0 spiro atoms. The van der Waals surface area contributed by atoms with E-state index in [0.717, 1.165) is 6.42 Å². The van der Waals surface area contributed by atoms with Crippen LogP contribution in [0.2, 0.25) is 0 Å². The normalized spacial score (nSPS) is 11.9. The van der Waals surface area contributed by atoms with Crippen molar-refractivity contribution in [2.45, 2.75) is 26.3 Å². The number of rotatable bonds is 5. The highest BCUT2D eigenvalue weighted by atomic mass is 35.5. The molecule has 0 radical (unpaired) electrons. The maximum atomic E-state index is 12.8. The van der Waals surface area contributed by atoms with Gasteiger partial charge in [-0.15, -0.1) is 12.4 Å². The molecule has 0 aliphatic heterocycles. The minimum atomic E-state index is -0.337. The molecule has 0 bridgehead atoms. The van der Waals surface area contributed by atoms with Gasteiger partial charge in [0, 0.05) is 25.2 Å². The molecule has 19 heavy (non-hydrogen) atoms. The van der Waals surface area contributed by atoms with Crippen molar-refractivity contribution < 1.29 is 9.18 Å². The van der Waals surface area contributed by atoms with Crippen molar-refractivity contribution in [2.24, 2.45) is 11.7 Å². The van der Waals surface area contributed by atoms with Crippen molar-refractivity contribution in [1.29, 1.82) is 0 Å². The minimum absolute atomic E-state index is 0. The summed E-state index contributed by atoms with van der Waals surface area (Å²) in [5, 5.41) is 0. The van der Waals surface area contributed by atoms with Crippen LogP contribution in [-0.4, -0.2) is 30.4 Å². The van der Waals surface area contributed by atoms with Gasteiger partial charge in [0.25, 0.3) is 5.91 Å². The van der Waals surface area contributed by atoms with Gasteiger partial charge in [0.05, 0.1) is 0 Å². The van der Waals surface area contributed by atoms with Gasteiger partial charge in [0.1, 0.15) is 5.82 Å². The summed E-state index contributed by atoms with van der Waals surface area (Å²) in [6.07, 6.45) is 0.765. The molecule has 108 valence electrons. The highest BCUT2D eigenvalue weighted by Gasteiger charge is 2.14. The van der Waals surface area contributed by atoms with Crippen LogP contribution in [0.15, 0.2) is 24.3 Å². The Bertz CT molecular complexity index is 395. The van der Waals surface area contributed by atoms with E-state index >= 15 is 0 Å². The Kier molecular flexibility index (Phi) is 7.64. The topological polar surface area (TPSA) is 46.3 Å². The van der Waals surface area contributed by atoms with Gasteiger partial charge in [-0.05, 0) is 36.6 Å². The Labute approximate surface area is 120 Å². The lowest BCUT2D eigenvalue weighted by Gasteiger charge is -2.21. The molecular formula is C14H22ClFN2O. The molecule has 0 aliphatic carbocycles. The number of hydrogen-bond acceptors (Lipinski definition) is 2. The molecule has 0 saturated heterocycles. The second kappa shape index (κ2) is 8.12. The zero-order valence-corrected chi connectivity index (χ0v) is 12.4. The highest BCUT2D eigenvalue weighted by Crippen LogP contribution is 2.08. The lowest BCUT2D eigenvalue weighted by atomic mass is 10.0. The summed E-state index contributed by atoms with van der Waals surface area (Å²) >= 11 is 0. The summed E-state index contributed by atoms with van der Waals surface area (Å²) in [5.74, 6) is -0.0405. The summed E-state index contributed by atoms with van der Waals surface area (Å²) < 4.78 is 12.8. The molecule has 3 nitrogen and oxygen atoms in total. The largest absolute Gasteiger partial charge is 0.342 e. The summed E-state index contributed by atoms with van der Waals surface area (Å²) in [7, 11) is 1.73. The molecule has 1 aromatic rings. The zero-order valence-electron chi connectivity index (χ0n) is 11.6. The average Bonchev–Trinajstić information content (AvgIpc) is 2.35. The van der Waals surface area contributed by atoms with Crippen molar-refractivity contribution in [3.63, 3.8) is 0 Å². The molecule has 0 fully saturated rings. The molecule has 1 aromatic carbocycles. The lowest BCUT2D eigenvalue weighted by Crippen LogP contribution is -2.34. The van der Waals surface area contributed by atoms with Crippen LogP contribution < -0.4 is 5.73 Å². The number of benzene rings is 1. The number of nitrogens with two attached hydrogens (primary N) is 1. The molecule has 0 saturated carbocycles. The maximum absolute atomic E-state index is 12.8. The summed E-state index contributed by atoms with van der Waals surface area (Å²) in [4.78, 5) is 13.6. The van der Waals surface area contributed by atoms with Crippen LogP contribution in [0.25, 0.3) is 0 Å². The molecule has 0 aromatic heterocycles. The van der Waals surface area contributed by atoms with Gasteiger partial charge in [-0.3, -0.25) is 4.79 Å². The Hall–Kier alpha value is -1.13. The fourth-order valence-corrected chi connectivity index (χ4v) is 1.59. The van der Waals surface area contributed by atoms with E-state index in [0.29, 0.717) is 18.0 Å². The summed E-state index contributed by atoms with van der Waals surface area (Å²) in [6, 6.07) is 5.67. The monoisotopic (exact) mass is 288 g/mol. The molecule has 1 unspecified atom stereocenters. The highest BCUT2D eigenvalue weighted by molar-refractivity contribution is 5.93. The third-order valence-corrected chi connectivity index (χ3v) is 3.09. The van der Waals surface area contributed by atoms with E-state index in [-0.39, 0.29) is 30.2 Å². The van der Waals surface area contributed by atoms with E-state index in [4.69, 9.17) is 5.73 Å². The van der Waals surface area contributed by atoms with Crippen molar-refractivity contribution >= 4 is 18.3 Å². The fraction of sp³-hybridized carbons (Fsp3) is 0.500. The Morgan fingerprint density at radius 2 is 1.84 bits per heavy atom. The fourth-order valence-electron chi connectivity index (χ4n) is 1.59. The summed E-state index contributed by atoms with van der Waals surface area (Å²) in [6.45, 7) is 4.73. The van der Waals surface area contributed by atoms with Crippen LogP contribution in [0.3, 0.4) is 0 Å². The number of hydrogen-bond donors (Lipinski definition) is 1. The molecule has 0 aliphatic rings. The van der Waals surface area contributed by atoms with E-state index in [1.165, 1.54) is 24.3 Å². The van der Waals surface area contributed by atoms with Gasteiger partial charge in [-0.25, -0.2) is 4.39 Å². The van der Waals surface area contributed by atoms with E-state index in [9.17, 15) is 9.18 Å². The summed E-state index contributed by atoms with van der Waals surface area (Å²) in [5.41, 5.74) is 6.43. The number of amides is 1. The number of carbonyl (C=O) groups is 1. The van der Waals surface area contributed by atoms with Crippen LogP contribution in [0.1, 0.15) is 30.6 Å². The third kappa shape index (κ3) is 5.57. The smallest absolute Gasteiger partial charge is 0.253 e. The first-order valence-corrected chi connectivity index (χ1v) is 6.18. The van der Waals surface area contributed by atoms with E-state index in [1.807, 2.05) is 0 Å². The van der Waals surface area contributed by atoms with E-state index < -0.39 is 0 Å². The quantitative estimate of drug-likeness (QED) is 0.905. The van der Waals surface area contributed by atoms with Crippen molar-refractivity contribution in [2.75, 3.05) is 13.6 Å². The van der Waals surface area contributed by atoms with Gasteiger partial charge >= 0.3 is 0 Å². The first kappa shape index (κ1) is 17.9. The number of carbonyl (C=O) groups excluding carboxylic acids is 1. The average molecular weight is 289 g/mol. The van der Waals surface area contributed by atoms with Crippen LogP contribution in [-0.2, 0) is 0 Å². The zero-order chi connectivity index (χ0) is 13.7. The van der Waals surface area contributed by atoms with Crippen molar-refractivity contribution in [3.8, 4) is 0 Å². The van der Waals surface area contributed by atoms with Crippen LogP contribution >= 0.6 is 12.4 Å². The molecular weight excluding hydrogens is 267 g/mol. The molecule has 2 N–H and O–H groups in total. The van der Waals surface area contributed by atoms with Gasteiger partial charge in [-0.1, -0.05) is 13.8 Å².